The summed E-state index contributed by atoms with van der Waals surface area (Å²) in [5.74, 6) is 0.377. The van der Waals surface area contributed by atoms with Gasteiger partial charge in [0.1, 0.15) is 11.4 Å². The summed E-state index contributed by atoms with van der Waals surface area (Å²) in [7, 11) is 0. The van der Waals surface area contributed by atoms with E-state index in [0.717, 1.165) is 11.3 Å². The molecule has 0 radical (unpaired) electrons. The Bertz CT molecular complexity index is 1060. The molecule has 0 aliphatic rings. The van der Waals surface area contributed by atoms with E-state index in [1.54, 1.807) is 34.0 Å². The molecule has 2 heterocycles. The molecule has 146 valence electrons. The van der Waals surface area contributed by atoms with Gasteiger partial charge in [-0.2, -0.15) is 5.10 Å². The van der Waals surface area contributed by atoms with Crippen molar-refractivity contribution < 1.29 is 14.3 Å². The van der Waals surface area contributed by atoms with Crippen molar-refractivity contribution in [2.24, 2.45) is 0 Å². The number of benzene rings is 2. The molecule has 29 heavy (non-hydrogen) atoms. The average Bonchev–Trinajstić information content (AvgIpc) is 3.44. The van der Waals surface area contributed by atoms with Crippen LogP contribution in [0.1, 0.15) is 16.1 Å². The van der Waals surface area contributed by atoms with Gasteiger partial charge in [-0.15, -0.1) is 0 Å². The molecule has 0 saturated carbocycles. The third-order valence-electron chi connectivity index (χ3n) is 4.58. The number of aliphatic hydroxyl groups is 1. The summed E-state index contributed by atoms with van der Waals surface area (Å²) in [6, 6.07) is 24.5. The van der Waals surface area contributed by atoms with Crippen molar-refractivity contribution in [2.45, 2.75) is 6.54 Å². The number of para-hydroxylation sites is 1. The maximum atomic E-state index is 13.4. The van der Waals surface area contributed by atoms with Crippen LogP contribution in [0.5, 0.6) is 0 Å². The van der Waals surface area contributed by atoms with Crippen molar-refractivity contribution in [3.05, 3.63) is 96.4 Å². The lowest BCUT2D eigenvalue weighted by Gasteiger charge is -2.22. The van der Waals surface area contributed by atoms with Crippen molar-refractivity contribution in [2.75, 3.05) is 13.2 Å². The van der Waals surface area contributed by atoms with Gasteiger partial charge in [0, 0.05) is 19.2 Å². The predicted octanol–water partition coefficient (Wildman–Crippen LogP) is 3.77. The quantitative estimate of drug-likeness (QED) is 0.524. The fraction of sp³-hybridized carbons (Fsp3) is 0.130. The standard InChI is InChI=1S/C23H21N3O3/c27-14-13-25(17-18-8-3-1-4-9-18)23(28)21-16-20(22-12-7-15-29-22)24-26(21)19-10-5-2-6-11-19/h1-12,15-16,27H,13-14,17H2. The Labute approximate surface area is 168 Å². The van der Waals surface area contributed by atoms with Crippen LogP contribution in [0.2, 0.25) is 0 Å². The van der Waals surface area contributed by atoms with E-state index in [9.17, 15) is 9.90 Å². The Kier molecular flexibility index (Phi) is 5.54. The Balaban J connectivity index is 1.74. The summed E-state index contributed by atoms with van der Waals surface area (Å²) in [5.41, 5.74) is 2.75. The van der Waals surface area contributed by atoms with E-state index in [1.165, 1.54) is 0 Å². The normalized spacial score (nSPS) is 10.8. The van der Waals surface area contributed by atoms with E-state index >= 15 is 0 Å². The number of nitrogens with zero attached hydrogens (tertiary/aromatic N) is 3. The third kappa shape index (κ3) is 4.12. The number of aliphatic hydroxyl groups excluding tert-OH is 1. The lowest BCUT2D eigenvalue weighted by Crippen LogP contribution is -2.34. The minimum absolute atomic E-state index is 0.122. The Morgan fingerprint density at radius 2 is 1.72 bits per heavy atom. The van der Waals surface area contributed by atoms with Crippen molar-refractivity contribution in [1.82, 2.24) is 14.7 Å². The van der Waals surface area contributed by atoms with Crippen LogP contribution in [0.15, 0.2) is 89.5 Å². The summed E-state index contributed by atoms with van der Waals surface area (Å²) in [5, 5.41) is 14.1. The molecule has 0 unspecified atom stereocenters. The summed E-state index contributed by atoms with van der Waals surface area (Å²) in [6.07, 6.45) is 1.58. The highest BCUT2D eigenvalue weighted by atomic mass is 16.3. The first-order chi connectivity index (χ1) is 14.3. The first-order valence-corrected chi connectivity index (χ1v) is 9.39. The smallest absolute Gasteiger partial charge is 0.272 e. The van der Waals surface area contributed by atoms with Crippen LogP contribution in [0.3, 0.4) is 0 Å². The lowest BCUT2D eigenvalue weighted by atomic mass is 10.2. The molecule has 1 amide bonds. The van der Waals surface area contributed by atoms with E-state index < -0.39 is 0 Å². The number of carbonyl (C=O) groups is 1. The third-order valence-corrected chi connectivity index (χ3v) is 4.58. The Morgan fingerprint density at radius 1 is 1.00 bits per heavy atom. The first-order valence-electron chi connectivity index (χ1n) is 9.39. The molecule has 0 atom stereocenters. The highest BCUT2D eigenvalue weighted by Gasteiger charge is 2.23. The molecule has 0 bridgehead atoms. The summed E-state index contributed by atoms with van der Waals surface area (Å²) in [6.45, 7) is 0.503. The van der Waals surface area contributed by atoms with Gasteiger partial charge in [0.25, 0.3) is 5.91 Å². The van der Waals surface area contributed by atoms with E-state index in [2.05, 4.69) is 5.10 Å². The number of hydrogen-bond acceptors (Lipinski definition) is 4. The van der Waals surface area contributed by atoms with Gasteiger partial charge < -0.3 is 14.4 Å². The van der Waals surface area contributed by atoms with Gasteiger partial charge in [-0.25, -0.2) is 4.68 Å². The van der Waals surface area contributed by atoms with Gasteiger partial charge in [0.05, 0.1) is 18.6 Å². The Morgan fingerprint density at radius 3 is 2.38 bits per heavy atom. The number of furan rings is 1. The van der Waals surface area contributed by atoms with Crippen LogP contribution in [0, 0.1) is 0 Å². The topological polar surface area (TPSA) is 71.5 Å². The van der Waals surface area contributed by atoms with Crippen molar-refractivity contribution >= 4 is 5.91 Å². The van der Waals surface area contributed by atoms with E-state index in [0.29, 0.717) is 23.7 Å². The molecule has 6 heteroatoms. The second-order valence-electron chi connectivity index (χ2n) is 6.58. The van der Waals surface area contributed by atoms with Gasteiger partial charge in [-0.05, 0) is 29.8 Å². The minimum atomic E-state index is -0.211. The molecular formula is C23H21N3O3. The first kappa shape index (κ1) is 18.7. The second-order valence-corrected chi connectivity index (χ2v) is 6.58. The van der Waals surface area contributed by atoms with Crippen LogP contribution in [-0.4, -0.2) is 38.8 Å². The number of amides is 1. The summed E-state index contributed by atoms with van der Waals surface area (Å²) < 4.78 is 7.09. The van der Waals surface area contributed by atoms with Crippen LogP contribution >= 0.6 is 0 Å². The van der Waals surface area contributed by atoms with Gasteiger partial charge >= 0.3 is 0 Å². The summed E-state index contributed by atoms with van der Waals surface area (Å²) >= 11 is 0. The monoisotopic (exact) mass is 387 g/mol. The van der Waals surface area contributed by atoms with Crippen LogP contribution in [-0.2, 0) is 6.54 Å². The van der Waals surface area contributed by atoms with Gasteiger partial charge in [-0.1, -0.05) is 48.5 Å². The van der Waals surface area contributed by atoms with Gasteiger partial charge in [0.15, 0.2) is 5.76 Å². The number of rotatable bonds is 7. The highest BCUT2D eigenvalue weighted by molar-refractivity contribution is 5.94. The molecule has 0 aliphatic heterocycles. The molecule has 1 N–H and O–H groups in total. The van der Waals surface area contributed by atoms with Crippen molar-refractivity contribution in [1.29, 1.82) is 0 Å². The van der Waals surface area contributed by atoms with E-state index in [4.69, 9.17) is 4.42 Å². The van der Waals surface area contributed by atoms with Crippen LogP contribution in [0.25, 0.3) is 17.1 Å². The van der Waals surface area contributed by atoms with Crippen molar-refractivity contribution in [3.63, 3.8) is 0 Å². The molecule has 6 nitrogen and oxygen atoms in total. The SMILES string of the molecule is O=C(c1cc(-c2ccco2)nn1-c1ccccc1)N(CCO)Cc1ccccc1. The van der Waals surface area contributed by atoms with Crippen LogP contribution < -0.4 is 0 Å². The minimum Gasteiger partial charge on any atom is -0.463 e. The second kappa shape index (κ2) is 8.58. The largest absolute Gasteiger partial charge is 0.463 e. The number of aromatic nitrogens is 2. The predicted molar refractivity (Wildman–Crippen MR) is 110 cm³/mol. The molecule has 0 fully saturated rings. The number of carbonyl (C=O) groups excluding carboxylic acids is 1. The fourth-order valence-electron chi connectivity index (χ4n) is 3.18. The van der Waals surface area contributed by atoms with E-state index in [1.807, 2.05) is 60.7 Å². The zero-order valence-corrected chi connectivity index (χ0v) is 15.8. The maximum Gasteiger partial charge on any atom is 0.272 e. The fourth-order valence-corrected chi connectivity index (χ4v) is 3.18. The maximum absolute atomic E-state index is 13.4. The molecule has 4 aromatic rings. The highest BCUT2D eigenvalue weighted by Crippen LogP contribution is 2.23. The van der Waals surface area contributed by atoms with Gasteiger partial charge in [-0.3, -0.25) is 4.79 Å². The average molecular weight is 387 g/mol. The lowest BCUT2D eigenvalue weighted by molar-refractivity contribution is 0.0698. The van der Waals surface area contributed by atoms with Crippen LogP contribution in [0.4, 0.5) is 0 Å². The molecule has 2 aromatic carbocycles. The molecule has 0 spiro atoms. The molecule has 2 aromatic heterocycles. The zero-order chi connectivity index (χ0) is 20.1. The van der Waals surface area contributed by atoms with E-state index in [-0.39, 0.29) is 19.1 Å². The van der Waals surface area contributed by atoms with Crippen molar-refractivity contribution in [3.8, 4) is 17.1 Å². The molecule has 4 rings (SSSR count). The van der Waals surface area contributed by atoms with Gasteiger partial charge in [0.2, 0.25) is 0 Å². The molecular weight excluding hydrogens is 366 g/mol. The Hall–Kier alpha value is -3.64. The number of hydrogen-bond donors (Lipinski definition) is 1. The summed E-state index contributed by atoms with van der Waals surface area (Å²) in [4.78, 5) is 15.1. The molecule has 0 aliphatic carbocycles. The zero-order valence-electron chi connectivity index (χ0n) is 15.8. The molecule has 0 saturated heterocycles.